The number of likely N-dealkylation sites (N-methyl/N-ethyl adjacent to an activating group) is 2. The zero-order valence-corrected chi connectivity index (χ0v) is 82.1. The fourth-order valence-corrected chi connectivity index (χ4v) is 19.8. The Balaban J connectivity index is 0.000000273. The fourth-order valence-electron chi connectivity index (χ4n) is 12.2. The monoisotopic (exact) mass is 2500 g/mol. The van der Waals surface area contributed by atoms with Crippen molar-refractivity contribution in [3.63, 3.8) is 0 Å². The summed E-state index contributed by atoms with van der Waals surface area (Å²) in [6.45, 7) is 8.14. The Labute approximate surface area is 878 Å². The van der Waals surface area contributed by atoms with Gasteiger partial charge in [-0.05, 0) is 144 Å². The van der Waals surface area contributed by atoms with E-state index >= 15 is 0 Å². The molecule has 16 aromatic carbocycles. The van der Waals surface area contributed by atoms with Crippen molar-refractivity contribution in [2.24, 2.45) is 0 Å². The Morgan fingerprint density at radius 3 is 0.772 bits per heavy atom. The maximum absolute atomic E-state index is 9.49. The van der Waals surface area contributed by atoms with Gasteiger partial charge in [0.25, 0.3) is 0 Å². The van der Waals surface area contributed by atoms with Crippen LogP contribution in [0.4, 0.5) is 0 Å². The molecule has 127 heavy (non-hydrogen) atoms. The number of benzene rings is 16. The van der Waals surface area contributed by atoms with E-state index in [-0.39, 0.29) is 158 Å². The number of hydrogen-bond acceptors (Lipinski definition) is 6. The summed E-state index contributed by atoms with van der Waals surface area (Å²) in [6.07, 6.45) is -4.66. The summed E-state index contributed by atoms with van der Waals surface area (Å²) in [5.41, 5.74) is 5.06. The molecule has 6 nitrogen and oxygen atoms in total. The quantitative estimate of drug-likeness (QED) is 0.0291. The normalized spacial score (nSPS) is 16.1. The van der Waals surface area contributed by atoms with Gasteiger partial charge in [0.15, 0.2) is 0 Å². The molecule has 0 spiro atoms. The predicted octanol–water partition coefficient (Wildman–Crippen LogP) is 21.7. The van der Waals surface area contributed by atoms with E-state index < -0.39 is 289 Å². The first-order chi connectivity index (χ1) is 77.8. The minimum absolute atomic E-state index is 0. The van der Waals surface area contributed by atoms with E-state index in [1.54, 1.807) is 36.4 Å². The topological polar surface area (TPSA) is 31.4 Å². The number of ether oxygens (including phenoxy) is 2. The van der Waals surface area contributed by atoms with Gasteiger partial charge in [-0.15, -0.1) is 93.0 Å². The molecule has 0 radical (unpaired) electrons. The Hall–Kier alpha value is -8.57. The summed E-state index contributed by atoms with van der Waals surface area (Å²) in [5.74, 6) is -0.237. The van der Waals surface area contributed by atoms with E-state index in [1.165, 1.54) is 71.1 Å². The van der Waals surface area contributed by atoms with E-state index in [1.807, 2.05) is 48.5 Å². The zero-order chi connectivity index (χ0) is 121. The summed E-state index contributed by atoms with van der Waals surface area (Å²) >= 11 is 0. The van der Waals surface area contributed by atoms with E-state index in [2.05, 4.69) is 145 Å². The van der Waals surface area contributed by atoms with Crippen molar-refractivity contribution >= 4 is 74.1 Å². The molecule has 646 valence electrons. The molecule has 0 aliphatic heterocycles. The van der Waals surface area contributed by atoms with Crippen LogP contribution in [0.25, 0.3) is 0 Å². The van der Waals surface area contributed by atoms with Crippen molar-refractivity contribution < 1.29 is 151 Å². The fraction of sp³-hybridized carbons (Fsp3) is 0.150. The van der Waals surface area contributed by atoms with Gasteiger partial charge < -0.3 is 29.1 Å². The number of hydrogen-bond donors (Lipinski definition) is 0. The zero-order valence-electron chi connectivity index (χ0n) is 111. The largest absolute Gasteiger partial charge is 4.00 e. The van der Waals surface area contributed by atoms with Gasteiger partial charge in [0.05, 0.1) is 156 Å². The van der Waals surface area contributed by atoms with Crippen molar-refractivity contribution in [1.82, 2.24) is 19.6 Å². The second-order valence-electron chi connectivity index (χ2n) is 27.5. The van der Waals surface area contributed by atoms with Crippen LogP contribution < -0.4 is 51.9 Å². The molecular weight excluding hydrogens is 2350 g/mol. The smallest absolute Gasteiger partial charge is 0.509 e. The SMILES string of the molecule is CN(CCCN(C)Cc1[c-]cccc1)Cc1[c-]cccc1.CN(CCN(C)Cc1[c-]cccc1)Cc1[c-]cccc1.[2H]c1cc([PH+](Cc2[c-]c(Oc3[c-]c(C[PH+](c4c([2H])c([2H])c([2H])c([2H])c4[2H])c4c([2H])c([2H])c([2H])c([2H])c4[2H])ccc3)ccc2)c2c([2H])c([2H])c([2H])c([2H])c2[2H])c([2H])c([2H])c1[2H].[2H]c1cc([PH+](c2c([2H])c([2H])c([2H])c([2H])c2[2H])C([2H])([2H])c2[c-]c(Oc3[c-]c(C([2H])([2H])[PH+](c4c([2H])c([2H])c([2H])c([2H])c4[2H])c4c([2H])c([2H])c([2H])c([2H])c4[2H])ccc3)ccc2)c([2H])c([2H])c1[2H].[Pt+2].[Pt+2].[Pt+4].[Pt+4]. The molecule has 0 aliphatic carbocycles. The third kappa shape index (κ3) is 35.3. The molecule has 16 rings (SSSR count). The van der Waals surface area contributed by atoms with Crippen LogP contribution in [0.3, 0.4) is 0 Å². The van der Waals surface area contributed by atoms with Crippen LogP contribution in [0.5, 0.6) is 23.0 Å². The summed E-state index contributed by atoms with van der Waals surface area (Å²) in [5, 5.41) is -2.39. The van der Waals surface area contributed by atoms with Gasteiger partial charge in [0.2, 0.25) is 0 Å². The Kier molecular flexibility index (Phi) is 26.1. The van der Waals surface area contributed by atoms with Crippen molar-refractivity contribution in [2.75, 3.05) is 54.4 Å². The second-order valence-corrected chi connectivity index (χ2v) is 36.2. The molecule has 0 heterocycles. The molecular formula is C113H110N4O2P4Pt4+8. The van der Waals surface area contributed by atoms with Gasteiger partial charge in [-0.2, -0.15) is 170 Å². The third-order valence-corrected chi connectivity index (χ3v) is 27.1. The molecule has 2 atom stereocenters. The molecule has 0 bridgehead atoms. The number of rotatable bonds is 35. The van der Waals surface area contributed by atoms with Crippen LogP contribution in [-0.2, 0) is 135 Å². The maximum Gasteiger partial charge on any atom is 4.00 e. The Morgan fingerprint density at radius 2 is 0.480 bits per heavy atom. The van der Waals surface area contributed by atoms with E-state index in [0.29, 0.717) is 11.1 Å². The standard InChI is InChI=1S/2C38H30OP2.C19H24N2.C18H22N2.4Pt/c2*1-5-19-35(20-6-1)40(36-21-7-2-8-22-36)29-31-15-13-17-33(27-31)39-34-18-14-16-32(28-34)30-41(37-23-9-3-10-24-37)38-25-11-4-12-26-38;1-20(16-18-10-5-3-6-11-18)14-9-15-21(2)17-19-12-7-4-8-13-19;1-19(15-17-9-5-3-6-10-17)13-14-20(2)16-18-11-7-4-8-12-18;;;;/h2*1-26H,29-30H2;3-8,10,12H,9,14-17H2,1-2H3;3-9,11H,13-16H2,1-2H3;;;;/q4*-2;2*+2;2*+4/p+4/i1D,2D,3D,4D,5D,6D,7D,8D,9D,10D,11D,12D,19D,20D,21D,22D,23D,24D,25D,29D2,30D2;1D,2D,3D,4D,5D,6D,7D,8D,9D,10D,11D,12D,19D,20D,21D,22D,23D,24D,25D;;;;;;. The Bertz CT molecular complexity index is 7900. The first-order valence-electron chi connectivity index (χ1n) is 59.9. The third-order valence-electron chi connectivity index (χ3n) is 18.0. The first kappa shape index (κ1) is 57.6. The molecule has 14 heteroatoms. The molecule has 16 aromatic rings. The van der Waals surface area contributed by atoms with Crippen LogP contribution in [0.1, 0.15) is 109 Å². The summed E-state index contributed by atoms with van der Waals surface area (Å²) in [7, 11) is -3.94. The molecule has 0 N–H and O–H groups in total. The van der Waals surface area contributed by atoms with E-state index in [0.717, 1.165) is 58.4 Å². The summed E-state index contributed by atoms with van der Waals surface area (Å²) in [6, 6.07) is 51.4. The molecule has 0 fully saturated rings. The van der Waals surface area contributed by atoms with Crippen molar-refractivity contribution in [1.29, 1.82) is 0 Å². The average molecular weight is 2500 g/mol. The second kappa shape index (κ2) is 57.5. The van der Waals surface area contributed by atoms with Crippen molar-refractivity contribution in [2.45, 2.75) is 57.2 Å². The van der Waals surface area contributed by atoms with E-state index in [9.17, 15) is 5.48 Å². The minimum atomic E-state index is -3.70. The molecule has 0 amide bonds. The van der Waals surface area contributed by atoms with Crippen LogP contribution in [-0.4, -0.2) is 74.0 Å². The first-order valence-corrected chi connectivity index (χ1v) is 45.3. The summed E-state index contributed by atoms with van der Waals surface area (Å²) in [4.78, 5) is 9.37. The van der Waals surface area contributed by atoms with Crippen LogP contribution >= 0.6 is 31.7 Å². The van der Waals surface area contributed by atoms with Crippen LogP contribution in [0.15, 0.2) is 412 Å². The molecule has 2 unspecified atom stereocenters. The maximum atomic E-state index is 9.49. The van der Waals surface area contributed by atoms with Crippen molar-refractivity contribution in [3.8, 4) is 23.0 Å². The van der Waals surface area contributed by atoms with Crippen LogP contribution in [0.2, 0.25) is 0 Å². The van der Waals surface area contributed by atoms with Gasteiger partial charge >= 0.3 is 84.3 Å². The van der Waals surface area contributed by atoms with Crippen molar-refractivity contribution in [3.05, 3.63) is 505 Å². The van der Waals surface area contributed by atoms with Gasteiger partial charge in [-0.3, -0.25) is 0 Å². The molecule has 0 aromatic heterocycles. The van der Waals surface area contributed by atoms with Gasteiger partial charge in [-0.25, -0.2) is 0 Å². The average Bonchev–Trinajstić information content (AvgIpc) is 0.742. The van der Waals surface area contributed by atoms with Gasteiger partial charge in [0, 0.05) is 62.3 Å². The predicted molar refractivity (Wildman–Crippen MR) is 529 cm³/mol. The minimum Gasteiger partial charge on any atom is -0.509 e. The molecule has 0 saturated carbocycles. The van der Waals surface area contributed by atoms with E-state index in [4.69, 9.17) is 61.6 Å². The van der Waals surface area contributed by atoms with Crippen LogP contribution in [0, 0.1) is 48.5 Å². The van der Waals surface area contributed by atoms with Gasteiger partial charge in [0.1, 0.15) is 0 Å². The number of nitrogens with zero attached hydrogens (tertiary/aromatic N) is 4. The van der Waals surface area contributed by atoms with Gasteiger partial charge in [-0.1, -0.05) is 145 Å². The molecule has 0 aliphatic rings. The summed E-state index contributed by atoms with van der Waals surface area (Å²) < 4.78 is 370. The Morgan fingerprint density at radius 1 is 0.252 bits per heavy atom. The molecule has 0 saturated heterocycles.